The van der Waals surface area contributed by atoms with Gasteiger partial charge in [-0.15, -0.1) is 0 Å². The minimum atomic E-state index is -4.14. The van der Waals surface area contributed by atoms with Crippen LogP contribution in [0.4, 0.5) is 17.6 Å². The monoisotopic (exact) mass is 408 g/mol. The molecule has 0 bridgehead atoms. The van der Waals surface area contributed by atoms with Crippen LogP contribution < -0.4 is 0 Å². The van der Waals surface area contributed by atoms with E-state index in [1.807, 2.05) is 0 Å². The summed E-state index contributed by atoms with van der Waals surface area (Å²) in [5.74, 6) is -5.30. The summed E-state index contributed by atoms with van der Waals surface area (Å²) < 4.78 is 55.3. The summed E-state index contributed by atoms with van der Waals surface area (Å²) in [5.41, 5.74) is 0.723. The minimum Gasteiger partial charge on any atom is -0.195 e. The number of halogens is 4. The molecule has 0 unspecified atom stereocenters. The Bertz CT molecular complexity index is 735. The molecule has 0 radical (unpaired) electrons. The maximum absolute atomic E-state index is 14.1. The van der Waals surface area contributed by atoms with Crippen molar-refractivity contribution >= 4 is 6.08 Å². The summed E-state index contributed by atoms with van der Waals surface area (Å²) in [7, 11) is 0. The van der Waals surface area contributed by atoms with E-state index in [0.29, 0.717) is 12.0 Å². The molecule has 29 heavy (non-hydrogen) atoms. The molecular formula is C25H32F4. The van der Waals surface area contributed by atoms with Crippen LogP contribution in [-0.2, 0) is 5.92 Å². The van der Waals surface area contributed by atoms with Gasteiger partial charge in [0, 0.05) is 5.56 Å². The van der Waals surface area contributed by atoms with Gasteiger partial charge in [-0.05, 0) is 79.4 Å². The van der Waals surface area contributed by atoms with Crippen LogP contribution in [0.2, 0.25) is 0 Å². The predicted octanol–water partition coefficient (Wildman–Crippen LogP) is 8.32. The first-order valence-electron chi connectivity index (χ1n) is 11.4. The molecule has 0 spiro atoms. The quantitative estimate of drug-likeness (QED) is 0.439. The van der Waals surface area contributed by atoms with Gasteiger partial charge in [-0.3, -0.25) is 0 Å². The van der Waals surface area contributed by atoms with Crippen molar-refractivity contribution in [3.63, 3.8) is 0 Å². The molecule has 1 aromatic carbocycles. The largest absolute Gasteiger partial charge is 0.339 e. The maximum atomic E-state index is 14.1. The highest BCUT2D eigenvalue weighted by Crippen LogP contribution is 2.50. The normalized spacial score (nSPS) is 33.3. The number of fused-ring (bicyclic) bond motifs is 1. The van der Waals surface area contributed by atoms with Crippen LogP contribution in [0.25, 0.3) is 6.08 Å². The molecule has 0 atom stereocenters. The van der Waals surface area contributed by atoms with Crippen molar-refractivity contribution in [3.8, 4) is 0 Å². The third kappa shape index (κ3) is 4.01. The fourth-order valence-electron chi connectivity index (χ4n) is 6.02. The van der Waals surface area contributed by atoms with Crippen LogP contribution in [0.5, 0.6) is 0 Å². The topological polar surface area (TPSA) is 0 Å². The smallest absolute Gasteiger partial charge is 0.195 e. The van der Waals surface area contributed by atoms with Crippen LogP contribution in [0.3, 0.4) is 0 Å². The molecule has 2 fully saturated rings. The molecule has 0 N–H and O–H groups in total. The number of rotatable bonds is 4. The molecule has 0 heterocycles. The van der Waals surface area contributed by atoms with Gasteiger partial charge in [-0.1, -0.05) is 56.9 Å². The van der Waals surface area contributed by atoms with Crippen molar-refractivity contribution < 1.29 is 17.6 Å². The highest BCUT2D eigenvalue weighted by molar-refractivity contribution is 5.61. The van der Waals surface area contributed by atoms with Gasteiger partial charge in [0.15, 0.2) is 0 Å². The van der Waals surface area contributed by atoms with Crippen molar-refractivity contribution in [1.29, 1.82) is 0 Å². The molecule has 3 aliphatic rings. The Kier molecular flexibility index (Phi) is 5.83. The summed E-state index contributed by atoms with van der Waals surface area (Å²) in [6.45, 7) is 2.27. The van der Waals surface area contributed by atoms with E-state index in [1.165, 1.54) is 57.4 Å². The van der Waals surface area contributed by atoms with Gasteiger partial charge in [0.05, 0.1) is 0 Å². The van der Waals surface area contributed by atoms with Crippen molar-refractivity contribution in [1.82, 2.24) is 0 Å². The molecule has 0 aromatic heterocycles. The Morgan fingerprint density at radius 3 is 2.10 bits per heavy atom. The summed E-state index contributed by atoms with van der Waals surface area (Å²) in [4.78, 5) is 0. The van der Waals surface area contributed by atoms with E-state index in [-0.39, 0.29) is 5.56 Å². The molecule has 160 valence electrons. The van der Waals surface area contributed by atoms with Gasteiger partial charge in [0.1, 0.15) is 0 Å². The van der Waals surface area contributed by atoms with E-state index >= 15 is 0 Å². The minimum absolute atomic E-state index is 0.245. The highest BCUT2D eigenvalue weighted by Gasteiger charge is 2.58. The predicted molar refractivity (Wildman–Crippen MR) is 109 cm³/mol. The van der Waals surface area contributed by atoms with E-state index in [2.05, 4.69) is 6.92 Å². The molecule has 0 saturated heterocycles. The van der Waals surface area contributed by atoms with Crippen LogP contribution in [0.15, 0.2) is 24.3 Å². The van der Waals surface area contributed by atoms with Gasteiger partial charge in [-0.2, -0.15) is 17.6 Å². The van der Waals surface area contributed by atoms with Gasteiger partial charge >= 0.3 is 11.8 Å². The van der Waals surface area contributed by atoms with Gasteiger partial charge in [0.2, 0.25) is 0 Å². The lowest BCUT2D eigenvalue weighted by atomic mass is 9.68. The summed E-state index contributed by atoms with van der Waals surface area (Å²) >= 11 is 0. The summed E-state index contributed by atoms with van der Waals surface area (Å²) in [6.07, 6.45) is 14.2. The van der Waals surface area contributed by atoms with Crippen molar-refractivity contribution in [2.45, 2.75) is 88.9 Å². The molecule has 3 aliphatic carbocycles. The lowest BCUT2D eigenvalue weighted by molar-refractivity contribution is -0.187. The van der Waals surface area contributed by atoms with Crippen LogP contribution in [0, 0.1) is 17.8 Å². The maximum Gasteiger partial charge on any atom is 0.339 e. The Balaban J connectivity index is 1.38. The van der Waals surface area contributed by atoms with E-state index in [0.717, 1.165) is 42.2 Å². The molecule has 2 saturated carbocycles. The highest BCUT2D eigenvalue weighted by atomic mass is 19.3. The molecule has 1 aromatic rings. The summed E-state index contributed by atoms with van der Waals surface area (Å²) in [6, 6.07) is 4.60. The second kappa shape index (κ2) is 8.07. The van der Waals surface area contributed by atoms with Crippen LogP contribution in [-0.4, -0.2) is 5.92 Å². The third-order valence-electron chi connectivity index (χ3n) is 7.80. The Morgan fingerprint density at radius 1 is 0.862 bits per heavy atom. The molecule has 4 heteroatoms. The second-order valence-electron chi connectivity index (χ2n) is 9.56. The lowest BCUT2D eigenvalue weighted by Gasteiger charge is -2.38. The number of allylic oxidation sites excluding steroid dienone is 1. The van der Waals surface area contributed by atoms with Crippen molar-refractivity contribution in [3.05, 3.63) is 41.0 Å². The average molecular weight is 409 g/mol. The van der Waals surface area contributed by atoms with E-state index in [4.69, 9.17) is 0 Å². The van der Waals surface area contributed by atoms with E-state index < -0.39 is 17.4 Å². The summed E-state index contributed by atoms with van der Waals surface area (Å²) in [5, 5.41) is 0. The first-order chi connectivity index (χ1) is 13.8. The molecular weight excluding hydrogens is 376 g/mol. The zero-order valence-corrected chi connectivity index (χ0v) is 17.3. The molecule has 0 nitrogen and oxygen atoms in total. The lowest BCUT2D eigenvalue weighted by Crippen LogP contribution is -2.38. The zero-order valence-electron chi connectivity index (χ0n) is 17.3. The number of alkyl halides is 4. The Labute approximate surface area is 171 Å². The molecule has 0 amide bonds. The number of benzene rings is 1. The van der Waals surface area contributed by atoms with Gasteiger partial charge in [-0.25, -0.2) is 0 Å². The van der Waals surface area contributed by atoms with Crippen molar-refractivity contribution in [2.24, 2.45) is 17.8 Å². The first-order valence-corrected chi connectivity index (χ1v) is 11.4. The number of hydrogen-bond donors (Lipinski definition) is 0. The Hall–Kier alpha value is -1.32. The number of hydrogen-bond acceptors (Lipinski definition) is 0. The fourth-order valence-corrected chi connectivity index (χ4v) is 6.02. The molecule has 0 aliphatic heterocycles. The molecule has 4 rings (SSSR count). The SMILES string of the molecule is CCCC1CCC(C2CCC(c3ccc4c(c3)C=CC(F)(F)C4(F)F)CC2)CC1. The van der Waals surface area contributed by atoms with Crippen LogP contribution in [0.1, 0.15) is 93.7 Å². The van der Waals surface area contributed by atoms with Crippen molar-refractivity contribution in [2.75, 3.05) is 0 Å². The van der Waals surface area contributed by atoms with E-state index in [1.54, 1.807) is 12.1 Å². The first kappa shape index (κ1) is 20.9. The van der Waals surface area contributed by atoms with Crippen LogP contribution >= 0.6 is 0 Å². The zero-order chi connectivity index (χ0) is 20.6. The van der Waals surface area contributed by atoms with Gasteiger partial charge in [0.25, 0.3) is 0 Å². The second-order valence-corrected chi connectivity index (χ2v) is 9.56. The fraction of sp³-hybridized carbons (Fsp3) is 0.680. The standard InChI is InChI=1S/C25H32F4/c1-2-3-17-4-6-18(7-5-17)19-8-10-20(11-9-19)21-12-13-23-22(16-21)14-15-24(26,27)25(23,28)29/h12-20H,2-11H2,1H3. The Morgan fingerprint density at radius 2 is 1.48 bits per heavy atom. The van der Waals surface area contributed by atoms with E-state index in [9.17, 15) is 17.6 Å². The third-order valence-corrected chi connectivity index (χ3v) is 7.80. The average Bonchev–Trinajstić information content (AvgIpc) is 2.72. The van der Waals surface area contributed by atoms with Gasteiger partial charge < -0.3 is 0 Å².